The molecule has 1 aliphatic carbocycles. The Morgan fingerprint density at radius 3 is 2.94 bits per heavy atom. The summed E-state index contributed by atoms with van der Waals surface area (Å²) in [5.41, 5.74) is 9.55. The quantitative estimate of drug-likeness (QED) is 0.824. The zero-order valence-corrected chi connectivity index (χ0v) is 10.3. The Bertz CT molecular complexity index is 415. The predicted molar refractivity (Wildman–Crippen MR) is 68.5 cm³/mol. The highest BCUT2D eigenvalue weighted by Gasteiger charge is 2.12. The zero-order valence-electron chi connectivity index (χ0n) is 10.3. The lowest BCUT2D eigenvalue weighted by Gasteiger charge is -2.10. The van der Waals surface area contributed by atoms with Gasteiger partial charge in [0.05, 0.1) is 0 Å². The standard InChI is InChI=1S/C14H20N2O/c1-10(8-15)14(17)16-9-11-5-6-12-3-2-4-13(12)7-11/h5-7,10H,2-4,8-9,15H2,1H3,(H,16,17). The Kier molecular flexibility index (Phi) is 3.79. The molecule has 1 amide bonds. The van der Waals surface area contributed by atoms with Crippen LogP contribution in [0.4, 0.5) is 0 Å². The molecule has 0 aromatic heterocycles. The van der Waals surface area contributed by atoms with Gasteiger partial charge in [0, 0.05) is 19.0 Å². The van der Waals surface area contributed by atoms with Crippen molar-refractivity contribution >= 4 is 5.91 Å². The molecule has 0 radical (unpaired) electrons. The van der Waals surface area contributed by atoms with E-state index in [0.29, 0.717) is 13.1 Å². The molecule has 17 heavy (non-hydrogen) atoms. The molecular formula is C14H20N2O. The maximum atomic E-state index is 11.6. The smallest absolute Gasteiger partial charge is 0.224 e. The molecular weight excluding hydrogens is 212 g/mol. The molecule has 2 rings (SSSR count). The highest BCUT2D eigenvalue weighted by molar-refractivity contribution is 5.78. The molecule has 1 unspecified atom stereocenters. The maximum Gasteiger partial charge on any atom is 0.224 e. The average molecular weight is 232 g/mol. The fourth-order valence-electron chi connectivity index (χ4n) is 2.21. The molecule has 92 valence electrons. The monoisotopic (exact) mass is 232 g/mol. The summed E-state index contributed by atoms with van der Waals surface area (Å²) in [5, 5.41) is 2.92. The van der Waals surface area contributed by atoms with Crippen molar-refractivity contribution in [1.29, 1.82) is 0 Å². The van der Waals surface area contributed by atoms with E-state index in [1.165, 1.54) is 36.0 Å². The number of rotatable bonds is 4. The van der Waals surface area contributed by atoms with Crippen molar-refractivity contribution in [3.63, 3.8) is 0 Å². The van der Waals surface area contributed by atoms with Crippen LogP contribution in [0.25, 0.3) is 0 Å². The minimum atomic E-state index is -0.107. The molecule has 1 aromatic carbocycles. The van der Waals surface area contributed by atoms with Crippen molar-refractivity contribution in [1.82, 2.24) is 5.32 Å². The van der Waals surface area contributed by atoms with Gasteiger partial charge in [-0.2, -0.15) is 0 Å². The van der Waals surface area contributed by atoms with Crippen LogP contribution in [-0.2, 0) is 24.2 Å². The number of nitrogens with two attached hydrogens (primary N) is 1. The molecule has 3 heteroatoms. The number of carbonyl (C=O) groups excluding carboxylic acids is 1. The Hall–Kier alpha value is -1.35. The maximum absolute atomic E-state index is 11.6. The summed E-state index contributed by atoms with van der Waals surface area (Å²) >= 11 is 0. The number of benzene rings is 1. The molecule has 0 fully saturated rings. The fourth-order valence-corrected chi connectivity index (χ4v) is 2.21. The minimum absolute atomic E-state index is 0.0352. The van der Waals surface area contributed by atoms with Crippen molar-refractivity contribution in [2.45, 2.75) is 32.7 Å². The predicted octanol–water partition coefficient (Wildman–Crippen LogP) is 1.39. The topological polar surface area (TPSA) is 55.1 Å². The summed E-state index contributed by atoms with van der Waals surface area (Å²) < 4.78 is 0. The van der Waals surface area contributed by atoms with Crippen LogP contribution in [0.5, 0.6) is 0 Å². The first-order valence-electron chi connectivity index (χ1n) is 6.29. The van der Waals surface area contributed by atoms with E-state index in [9.17, 15) is 4.79 Å². The molecule has 3 N–H and O–H groups in total. The first-order chi connectivity index (χ1) is 8.20. The van der Waals surface area contributed by atoms with Crippen LogP contribution < -0.4 is 11.1 Å². The van der Waals surface area contributed by atoms with E-state index in [4.69, 9.17) is 5.73 Å². The van der Waals surface area contributed by atoms with Gasteiger partial charge in [0.25, 0.3) is 0 Å². The molecule has 0 aliphatic heterocycles. The van der Waals surface area contributed by atoms with Crippen LogP contribution in [0, 0.1) is 5.92 Å². The number of nitrogens with one attached hydrogen (secondary N) is 1. The molecule has 0 bridgehead atoms. The second-order valence-electron chi connectivity index (χ2n) is 4.81. The van der Waals surface area contributed by atoms with Crippen LogP contribution >= 0.6 is 0 Å². The summed E-state index contributed by atoms with van der Waals surface area (Å²) in [4.78, 5) is 11.6. The highest BCUT2D eigenvalue weighted by Crippen LogP contribution is 2.22. The number of hydrogen-bond donors (Lipinski definition) is 2. The van der Waals surface area contributed by atoms with Crippen LogP contribution in [0.2, 0.25) is 0 Å². The average Bonchev–Trinajstić information content (AvgIpc) is 2.82. The number of hydrogen-bond acceptors (Lipinski definition) is 2. The van der Waals surface area contributed by atoms with Crippen molar-refractivity contribution in [3.05, 3.63) is 34.9 Å². The second-order valence-corrected chi connectivity index (χ2v) is 4.81. The Morgan fingerprint density at radius 2 is 2.18 bits per heavy atom. The lowest BCUT2D eigenvalue weighted by atomic mass is 10.1. The zero-order chi connectivity index (χ0) is 12.3. The lowest BCUT2D eigenvalue weighted by molar-refractivity contribution is -0.124. The summed E-state index contributed by atoms with van der Waals surface area (Å²) in [6.07, 6.45) is 3.64. The van der Waals surface area contributed by atoms with E-state index >= 15 is 0 Å². The number of carbonyl (C=O) groups is 1. The third-order valence-corrected chi connectivity index (χ3v) is 3.43. The molecule has 1 aromatic rings. The van der Waals surface area contributed by atoms with Crippen LogP contribution in [-0.4, -0.2) is 12.5 Å². The number of fused-ring (bicyclic) bond motifs is 1. The van der Waals surface area contributed by atoms with Gasteiger partial charge in [-0.1, -0.05) is 25.1 Å². The molecule has 1 atom stereocenters. The lowest BCUT2D eigenvalue weighted by Crippen LogP contribution is -2.32. The summed E-state index contributed by atoms with van der Waals surface area (Å²) in [6, 6.07) is 6.52. The molecule has 0 saturated carbocycles. The largest absolute Gasteiger partial charge is 0.352 e. The van der Waals surface area contributed by atoms with E-state index in [1.54, 1.807) is 0 Å². The fraction of sp³-hybridized carbons (Fsp3) is 0.500. The van der Waals surface area contributed by atoms with Gasteiger partial charge in [-0.3, -0.25) is 4.79 Å². The third-order valence-electron chi connectivity index (χ3n) is 3.43. The highest BCUT2D eigenvalue weighted by atomic mass is 16.1. The second kappa shape index (κ2) is 5.32. The molecule has 3 nitrogen and oxygen atoms in total. The normalized spacial score (nSPS) is 15.4. The molecule has 0 heterocycles. The third kappa shape index (κ3) is 2.86. The first kappa shape index (κ1) is 12.1. The number of amides is 1. The van der Waals surface area contributed by atoms with E-state index in [2.05, 4.69) is 23.5 Å². The Morgan fingerprint density at radius 1 is 1.41 bits per heavy atom. The SMILES string of the molecule is CC(CN)C(=O)NCc1ccc2c(c1)CCC2. The van der Waals surface area contributed by atoms with E-state index in [0.717, 1.165) is 0 Å². The van der Waals surface area contributed by atoms with Gasteiger partial charge in [-0.05, 0) is 36.0 Å². The van der Waals surface area contributed by atoms with Crippen LogP contribution in [0.15, 0.2) is 18.2 Å². The van der Waals surface area contributed by atoms with Crippen LogP contribution in [0.3, 0.4) is 0 Å². The minimum Gasteiger partial charge on any atom is -0.352 e. The van der Waals surface area contributed by atoms with E-state index < -0.39 is 0 Å². The van der Waals surface area contributed by atoms with Gasteiger partial charge in [0.1, 0.15) is 0 Å². The van der Waals surface area contributed by atoms with Crippen molar-refractivity contribution < 1.29 is 4.79 Å². The number of aryl methyl sites for hydroxylation is 2. The van der Waals surface area contributed by atoms with E-state index in [1.807, 2.05) is 6.92 Å². The summed E-state index contributed by atoms with van der Waals surface area (Å²) in [6.45, 7) is 2.85. The molecule has 1 aliphatic rings. The Balaban J connectivity index is 1.93. The van der Waals surface area contributed by atoms with Crippen molar-refractivity contribution in [2.24, 2.45) is 11.7 Å². The van der Waals surface area contributed by atoms with Gasteiger partial charge in [-0.25, -0.2) is 0 Å². The van der Waals surface area contributed by atoms with Gasteiger partial charge < -0.3 is 11.1 Å². The van der Waals surface area contributed by atoms with Gasteiger partial charge in [0.15, 0.2) is 0 Å². The van der Waals surface area contributed by atoms with Gasteiger partial charge >= 0.3 is 0 Å². The molecule has 0 spiro atoms. The van der Waals surface area contributed by atoms with Crippen molar-refractivity contribution in [3.8, 4) is 0 Å². The summed E-state index contributed by atoms with van der Waals surface area (Å²) in [7, 11) is 0. The van der Waals surface area contributed by atoms with Crippen LogP contribution in [0.1, 0.15) is 30.0 Å². The Labute approximate surface area is 102 Å². The van der Waals surface area contributed by atoms with E-state index in [-0.39, 0.29) is 11.8 Å². The van der Waals surface area contributed by atoms with Crippen molar-refractivity contribution in [2.75, 3.05) is 6.54 Å². The van der Waals surface area contributed by atoms with Gasteiger partial charge in [0.2, 0.25) is 5.91 Å². The summed E-state index contributed by atoms with van der Waals surface area (Å²) in [5.74, 6) is -0.0718. The first-order valence-corrected chi connectivity index (χ1v) is 6.29. The molecule has 0 saturated heterocycles. The van der Waals surface area contributed by atoms with Gasteiger partial charge in [-0.15, -0.1) is 0 Å².